The lowest BCUT2D eigenvalue weighted by atomic mass is 9.85. The van der Waals surface area contributed by atoms with Crippen LogP contribution in [0.25, 0.3) is 11.8 Å². The summed E-state index contributed by atoms with van der Waals surface area (Å²) in [7, 11) is -2.57. The van der Waals surface area contributed by atoms with Crippen molar-refractivity contribution in [3.8, 4) is 11.4 Å². The molecule has 288 valence electrons. The Labute approximate surface area is 305 Å². The molecule has 2 saturated carbocycles. The molecule has 4 aliphatic rings. The topological polar surface area (TPSA) is 204 Å². The monoisotopic (exact) mass is 762 g/mol. The molecule has 6 bridgehead atoms. The number of tetrazole rings is 1. The van der Waals surface area contributed by atoms with Crippen molar-refractivity contribution in [1.29, 1.82) is 0 Å². The number of ether oxygens (including phenoxy) is 2. The maximum absolute atomic E-state index is 14.4. The summed E-state index contributed by atoms with van der Waals surface area (Å²) in [6.45, 7) is 5.12. The molecule has 6 rings (SSSR count). The smallest absolute Gasteiger partial charge is 0.407 e. The molecular formula is C34H44F2N8O8S. The molecule has 2 aliphatic carbocycles. The number of nitrogens with one attached hydrogen (secondary N) is 3. The first-order valence-electron chi connectivity index (χ1n) is 17.6. The number of alkyl halides is 2. The van der Waals surface area contributed by atoms with Crippen LogP contribution < -0.4 is 20.1 Å². The van der Waals surface area contributed by atoms with Crippen LogP contribution in [-0.2, 0) is 29.1 Å². The van der Waals surface area contributed by atoms with Gasteiger partial charge >= 0.3 is 6.09 Å². The lowest BCUT2D eigenvalue weighted by Crippen LogP contribution is -2.60. The second-order valence-corrected chi connectivity index (χ2v) is 17.0. The third kappa shape index (κ3) is 8.13. The highest BCUT2D eigenvalue weighted by atomic mass is 32.2. The van der Waals surface area contributed by atoms with E-state index in [9.17, 15) is 36.4 Å². The number of cyclic esters (lactones) is 1. The molecule has 2 aliphatic heterocycles. The van der Waals surface area contributed by atoms with Gasteiger partial charge in [-0.1, -0.05) is 32.9 Å². The van der Waals surface area contributed by atoms with E-state index in [-0.39, 0.29) is 25.4 Å². The fourth-order valence-corrected chi connectivity index (χ4v) is 8.11. The summed E-state index contributed by atoms with van der Waals surface area (Å²) in [4.78, 5) is 57.3. The fourth-order valence-electron chi connectivity index (χ4n) is 6.74. The number of benzene rings is 1. The number of rotatable bonds is 7. The Morgan fingerprint density at radius 2 is 1.92 bits per heavy atom. The van der Waals surface area contributed by atoms with E-state index in [1.165, 1.54) is 9.70 Å². The van der Waals surface area contributed by atoms with Crippen molar-refractivity contribution >= 4 is 39.9 Å². The second kappa shape index (κ2) is 14.6. The zero-order valence-corrected chi connectivity index (χ0v) is 30.7. The van der Waals surface area contributed by atoms with Gasteiger partial charge in [-0.05, 0) is 73.8 Å². The van der Waals surface area contributed by atoms with E-state index in [0.29, 0.717) is 43.5 Å². The molecule has 5 atom stereocenters. The minimum atomic E-state index is -4.12. The lowest BCUT2D eigenvalue weighted by molar-refractivity contribution is -0.143. The van der Waals surface area contributed by atoms with Crippen LogP contribution in [0.5, 0.6) is 5.75 Å². The number of alkyl carbamates (subject to hydrolysis) is 1. The zero-order valence-electron chi connectivity index (χ0n) is 29.9. The normalized spacial score (nSPS) is 27.3. The third-order valence-corrected chi connectivity index (χ3v) is 11.9. The number of hydrogen-bond acceptors (Lipinski definition) is 11. The summed E-state index contributed by atoms with van der Waals surface area (Å²) in [6, 6.07) is 2.76. The Balaban J connectivity index is 1.34. The predicted octanol–water partition coefficient (Wildman–Crippen LogP) is 2.44. The lowest BCUT2D eigenvalue weighted by Gasteiger charge is -2.35. The van der Waals surface area contributed by atoms with Gasteiger partial charge in [-0.15, -0.1) is 15.0 Å². The van der Waals surface area contributed by atoms with E-state index in [1.54, 1.807) is 40.0 Å². The Bertz CT molecular complexity index is 1900. The summed E-state index contributed by atoms with van der Waals surface area (Å²) in [5.41, 5.74) is -1.79. The van der Waals surface area contributed by atoms with Crippen molar-refractivity contribution in [3.05, 3.63) is 35.7 Å². The van der Waals surface area contributed by atoms with Crippen molar-refractivity contribution in [2.24, 2.45) is 11.3 Å². The van der Waals surface area contributed by atoms with Gasteiger partial charge in [-0.25, -0.2) is 22.0 Å². The number of hydrogen-bond donors (Lipinski definition) is 3. The number of carbonyl (C=O) groups is 4. The largest absolute Gasteiger partial charge is 0.496 e. The molecule has 19 heteroatoms. The molecule has 3 fully saturated rings. The molecule has 0 radical (unpaired) electrons. The number of halogens is 2. The highest BCUT2D eigenvalue weighted by molar-refractivity contribution is 7.91. The summed E-state index contributed by atoms with van der Waals surface area (Å²) in [5.74, 6) is -4.42. The molecular weight excluding hydrogens is 718 g/mol. The quantitative estimate of drug-likeness (QED) is 0.374. The predicted molar refractivity (Wildman–Crippen MR) is 184 cm³/mol. The molecule has 1 saturated heterocycles. The Kier molecular flexibility index (Phi) is 10.5. The Morgan fingerprint density at radius 3 is 2.58 bits per heavy atom. The molecule has 3 heterocycles. The summed E-state index contributed by atoms with van der Waals surface area (Å²) in [6.07, 6.45) is 1.97. The van der Waals surface area contributed by atoms with Gasteiger partial charge in [0, 0.05) is 18.0 Å². The van der Waals surface area contributed by atoms with Gasteiger partial charge < -0.3 is 25.0 Å². The molecule has 0 spiro atoms. The molecule has 16 nitrogen and oxygen atoms in total. The van der Waals surface area contributed by atoms with Crippen LogP contribution in [0.4, 0.5) is 13.6 Å². The van der Waals surface area contributed by atoms with Crippen LogP contribution >= 0.6 is 0 Å². The van der Waals surface area contributed by atoms with E-state index < -0.39 is 86.8 Å². The Morgan fingerprint density at radius 1 is 1.17 bits per heavy atom. The van der Waals surface area contributed by atoms with E-state index in [4.69, 9.17) is 9.47 Å². The van der Waals surface area contributed by atoms with Crippen molar-refractivity contribution in [1.82, 2.24) is 40.5 Å². The summed E-state index contributed by atoms with van der Waals surface area (Å²) < 4.78 is 66.1. The molecule has 53 heavy (non-hydrogen) atoms. The molecule has 1 aromatic heterocycles. The number of fused-ring (bicyclic) bond motifs is 8. The number of methoxy groups -OCH3 is 1. The number of sulfonamides is 1. The van der Waals surface area contributed by atoms with Crippen LogP contribution in [-0.4, -0.2) is 107 Å². The van der Waals surface area contributed by atoms with E-state index in [0.717, 1.165) is 5.56 Å². The minimum Gasteiger partial charge on any atom is -0.496 e. The van der Waals surface area contributed by atoms with Crippen molar-refractivity contribution < 1.29 is 45.9 Å². The van der Waals surface area contributed by atoms with E-state index >= 15 is 0 Å². The fraction of sp³-hybridized carbons (Fsp3) is 0.618. The number of amides is 4. The number of carbonyl (C=O) groups excluding carboxylic acids is 4. The third-order valence-electron chi connectivity index (χ3n) is 10.1. The maximum atomic E-state index is 14.4. The standard InChI is InChI=1S/C34H44F2N8O8S/c1-33(2,3)26-30(46)43-18-20(16-24(43)29(45)38-34(17-23(34)27(35)36)31(47)41-53(49,50)22-11-12-22)28-39-42-44(40-28)21-10-13-25(51-4)19(15-21)9-7-5-6-8-14-52-32(48)37-26/h7,9-10,13,15,20,22-24,26-27H,5-6,8,11-12,14,16-18H2,1-4H3,(H,37,48)(H,38,45)(H,41,47)/b9-7+/t20-,23+,24+,26-,34-/m1/s1. The molecule has 4 amide bonds. The summed E-state index contributed by atoms with van der Waals surface area (Å²) in [5, 5.41) is 17.2. The van der Waals surface area contributed by atoms with Gasteiger partial charge in [0.05, 0.1) is 30.6 Å². The molecule has 1 aromatic carbocycles. The van der Waals surface area contributed by atoms with Gasteiger partial charge in [0.15, 0.2) is 5.82 Å². The average Bonchev–Trinajstić information content (AvgIpc) is 3.98. The van der Waals surface area contributed by atoms with Crippen molar-refractivity contribution in [2.75, 3.05) is 20.3 Å². The number of nitrogens with zero attached hydrogens (tertiary/aromatic N) is 5. The molecule has 3 N–H and O–H groups in total. The van der Waals surface area contributed by atoms with Gasteiger partial charge in [0.1, 0.15) is 23.4 Å². The first-order valence-corrected chi connectivity index (χ1v) is 19.1. The summed E-state index contributed by atoms with van der Waals surface area (Å²) >= 11 is 0. The van der Waals surface area contributed by atoms with Gasteiger partial charge in [0.2, 0.25) is 28.3 Å². The van der Waals surface area contributed by atoms with Crippen molar-refractivity contribution in [2.45, 2.75) is 101 Å². The van der Waals surface area contributed by atoms with E-state index in [2.05, 4.69) is 26.0 Å². The van der Waals surface area contributed by atoms with Gasteiger partial charge in [-0.3, -0.25) is 19.1 Å². The highest BCUT2D eigenvalue weighted by Gasteiger charge is 2.67. The average molecular weight is 763 g/mol. The number of allylic oxidation sites excluding steroid dienone is 1. The van der Waals surface area contributed by atoms with Gasteiger partial charge in [-0.2, -0.15) is 0 Å². The van der Waals surface area contributed by atoms with Gasteiger partial charge in [0.25, 0.3) is 5.91 Å². The highest BCUT2D eigenvalue weighted by Crippen LogP contribution is 2.48. The molecule has 2 aromatic rings. The zero-order chi connectivity index (χ0) is 38.3. The van der Waals surface area contributed by atoms with Crippen LogP contribution in [0.3, 0.4) is 0 Å². The van der Waals surface area contributed by atoms with Crippen LogP contribution in [0.1, 0.15) is 83.0 Å². The molecule has 0 unspecified atom stereocenters. The van der Waals surface area contributed by atoms with Crippen LogP contribution in [0.2, 0.25) is 0 Å². The van der Waals surface area contributed by atoms with Crippen LogP contribution in [0, 0.1) is 11.3 Å². The first kappa shape index (κ1) is 38.1. The SMILES string of the molecule is COc1ccc2cc1/C=C/CCCCOC(=O)N[C@@H](C(C)(C)C)C(=O)N1C[C@@H](C[C@H]1C(=O)N[C@]1(C(=O)NS(=O)(=O)C3CC3)C[C@H]1C(F)F)c1nnn-2n1. The second-order valence-electron chi connectivity index (χ2n) is 15.1. The maximum Gasteiger partial charge on any atom is 0.407 e. The Hall–Kier alpha value is -4.68. The first-order chi connectivity index (χ1) is 25.0. The van der Waals surface area contributed by atoms with Crippen molar-refractivity contribution in [3.63, 3.8) is 0 Å². The van der Waals surface area contributed by atoms with Crippen LogP contribution in [0.15, 0.2) is 24.3 Å². The van der Waals surface area contributed by atoms with E-state index in [1.807, 2.05) is 22.9 Å². The minimum absolute atomic E-state index is 0.0874. The number of aromatic nitrogens is 4.